The van der Waals surface area contributed by atoms with E-state index in [0.29, 0.717) is 90.5 Å². The quantitative estimate of drug-likeness (QED) is 0.0876. The normalized spacial score (nSPS) is 10.2. The second-order valence-corrected chi connectivity index (χ2v) is 10.1. The minimum Gasteiger partial charge on any atom is -0.870 e. The summed E-state index contributed by atoms with van der Waals surface area (Å²) in [6, 6.07) is 0. The van der Waals surface area contributed by atoms with Crippen LogP contribution in [0, 0.1) is 51.4 Å². The van der Waals surface area contributed by atoms with Crippen molar-refractivity contribution in [1.82, 2.24) is 20.0 Å². The molecule has 0 aliphatic carbocycles. The number of H-pyrrole nitrogens is 3. The van der Waals surface area contributed by atoms with Crippen LogP contribution < -0.4 is 15.5 Å². The molecule has 48 heavy (non-hydrogen) atoms. The summed E-state index contributed by atoms with van der Waals surface area (Å²) < 4.78 is 34.9. The van der Waals surface area contributed by atoms with Crippen LogP contribution in [-0.2, 0) is 41.5 Å². The lowest BCUT2D eigenvalue weighted by Gasteiger charge is -2.07. The van der Waals surface area contributed by atoms with Crippen molar-refractivity contribution in [2.24, 2.45) is 10.4 Å². The minimum absolute atomic E-state index is 0. The van der Waals surface area contributed by atoms with Gasteiger partial charge in [-0.1, -0.05) is 0 Å². The van der Waals surface area contributed by atoms with Crippen LogP contribution in [0.4, 0.5) is 17.1 Å². The van der Waals surface area contributed by atoms with Gasteiger partial charge in [0.05, 0.1) is 83.1 Å². The fourth-order valence-electron chi connectivity index (χ4n) is 3.98. The molecule has 0 aromatic carbocycles. The third-order valence-electron chi connectivity index (χ3n) is 6.69. The average Bonchev–Trinajstić information content (AvgIpc) is 3.61. The zero-order valence-electron chi connectivity index (χ0n) is 29.5. The zero-order chi connectivity index (χ0) is 34.3. The first-order chi connectivity index (χ1) is 22.1. The van der Waals surface area contributed by atoms with Gasteiger partial charge in [0.1, 0.15) is 18.0 Å². The van der Waals surface area contributed by atoms with Crippen LogP contribution in [0.25, 0.3) is 0 Å². The summed E-state index contributed by atoms with van der Waals surface area (Å²) in [6.07, 6.45) is 0. The van der Waals surface area contributed by atoms with Crippen molar-refractivity contribution in [3.63, 3.8) is 0 Å². The van der Waals surface area contributed by atoms with E-state index < -0.39 is 0 Å². The number of nitrogens with two attached hydrogens (primary N) is 1. The van der Waals surface area contributed by atoms with Gasteiger partial charge < -0.3 is 45.1 Å². The van der Waals surface area contributed by atoms with E-state index in [9.17, 15) is 9.81 Å². The molecule has 7 N–H and O–H groups in total. The molecule has 0 saturated carbocycles. The lowest BCUT2D eigenvalue weighted by Crippen LogP contribution is -2.40. The van der Waals surface area contributed by atoms with Gasteiger partial charge in [-0.05, 0) is 38.0 Å². The van der Waals surface area contributed by atoms with Crippen LogP contribution in [0.5, 0.6) is 0 Å². The van der Waals surface area contributed by atoms with Gasteiger partial charge in [0.25, 0.3) is 0 Å². The third kappa shape index (κ3) is 16.9. The second kappa shape index (κ2) is 27.3. The second-order valence-electron chi connectivity index (χ2n) is 10.1. The summed E-state index contributed by atoms with van der Waals surface area (Å²) >= 11 is 0. The van der Waals surface area contributed by atoms with Gasteiger partial charge in [-0.2, -0.15) is 15.3 Å². The van der Waals surface area contributed by atoms with E-state index in [2.05, 4.69) is 30.7 Å². The lowest BCUT2D eigenvalue weighted by atomic mass is 10.3. The Kier molecular flexibility index (Phi) is 26.4. The van der Waals surface area contributed by atoms with Crippen LogP contribution in [0.15, 0.2) is 10.4 Å². The van der Waals surface area contributed by atoms with Gasteiger partial charge in [0.2, 0.25) is 22.8 Å². The van der Waals surface area contributed by atoms with E-state index in [1.54, 1.807) is 28.1 Å². The zero-order valence-corrected chi connectivity index (χ0v) is 29.5. The van der Waals surface area contributed by atoms with Crippen molar-refractivity contribution in [2.45, 2.75) is 54.6 Å². The highest BCUT2D eigenvalue weighted by Crippen LogP contribution is 2.18. The number of aromatic amines is 3. The molecule has 0 fully saturated rings. The van der Waals surface area contributed by atoms with Crippen molar-refractivity contribution in [3.8, 4) is 0 Å². The van der Waals surface area contributed by atoms with E-state index in [1.807, 2.05) is 37.1 Å². The van der Waals surface area contributed by atoms with E-state index in [4.69, 9.17) is 34.2 Å². The smallest absolute Gasteiger partial charge is 0.234 e. The SMILES string of the molecule is COCCOCCOCC[n+]1[nH]c(C)c(N=O)c1C.COCCOCCOCCn1nc(C)c(N)c1C.Cc1[nH][nH+]c(C)c1N=O.[OH-].[OH-]. The molecule has 3 aromatic rings. The molecule has 3 heterocycles. The van der Waals surface area contributed by atoms with Crippen LogP contribution in [0.1, 0.15) is 34.2 Å². The lowest BCUT2D eigenvalue weighted by molar-refractivity contribution is -0.756. The maximum atomic E-state index is 10.6. The third-order valence-corrected chi connectivity index (χ3v) is 6.69. The molecule has 0 atom stereocenters. The molecular formula is C29H55N9O10. The van der Waals surface area contributed by atoms with E-state index in [0.717, 1.165) is 39.9 Å². The Labute approximate surface area is 281 Å². The molecule has 0 spiro atoms. The van der Waals surface area contributed by atoms with Crippen molar-refractivity contribution in [1.29, 1.82) is 0 Å². The Morgan fingerprint density at radius 1 is 0.750 bits per heavy atom. The molecule has 3 rings (SSSR count). The largest absolute Gasteiger partial charge is 0.870 e. The first kappa shape index (κ1) is 46.4. The Bertz CT molecular complexity index is 1260. The maximum absolute atomic E-state index is 10.6. The molecule has 0 aliphatic heterocycles. The van der Waals surface area contributed by atoms with Crippen molar-refractivity contribution in [3.05, 3.63) is 44.0 Å². The first-order valence-corrected chi connectivity index (χ1v) is 15.0. The molecule has 276 valence electrons. The Hall–Kier alpha value is -3.69. The number of nitrogen functional groups attached to an aromatic ring is 1. The molecular weight excluding hydrogens is 634 g/mol. The number of methoxy groups -OCH3 is 2. The fourth-order valence-corrected chi connectivity index (χ4v) is 3.98. The topological polar surface area (TPSA) is 268 Å². The van der Waals surface area contributed by atoms with Gasteiger partial charge in [-0.3, -0.25) is 4.68 Å². The summed E-state index contributed by atoms with van der Waals surface area (Å²) in [5.41, 5.74) is 12.6. The van der Waals surface area contributed by atoms with Gasteiger partial charge in [-0.15, -0.1) is 19.6 Å². The summed E-state index contributed by atoms with van der Waals surface area (Å²) in [4.78, 5) is 20.6. The molecule has 0 amide bonds. The Morgan fingerprint density at radius 3 is 1.65 bits per heavy atom. The van der Waals surface area contributed by atoms with Crippen molar-refractivity contribution >= 4 is 17.1 Å². The summed E-state index contributed by atoms with van der Waals surface area (Å²) in [5.74, 6) is 0. The minimum atomic E-state index is 0. The summed E-state index contributed by atoms with van der Waals surface area (Å²) in [6.45, 7) is 18.3. The van der Waals surface area contributed by atoms with Crippen LogP contribution >= 0.6 is 0 Å². The predicted octanol–water partition coefficient (Wildman–Crippen LogP) is 2.25. The first-order valence-electron chi connectivity index (χ1n) is 15.0. The number of hydrogen-bond donors (Lipinski definition) is 3. The molecule has 0 bridgehead atoms. The standard InChI is InChI=1S/C12H21N3O4.C12H23N3O3.C5H7N3O.2H2O/c1-10-12(14-16)11(2)15(13-10)4-5-18-8-9-19-7-6-17-3;1-10-12(13)11(2)15(14-10)4-5-17-8-9-18-7-6-16-3;1-3-5(8-9)4(2)7-6-3;;/h4-9H2,1-3H3;4-9,13H2,1-3H3;1-2H3,(H,6,7);2*1H2. The Morgan fingerprint density at radius 2 is 1.25 bits per heavy atom. The van der Waals surface area contributed by atoms with Gasteiger partial charge in [0, 0.05) is 28.1 Å². The number of aryl methyl sites for hydroxylation is 4. The highest BCUT2D eigenvalue weighted by molar-refractivity contribution is 5.46. The van der Waals surface area contributed by atoms with Crippen LogP contribution in [-0.4, -0.2) is 111 Å². The fraction of sp³-hybridized carbons (Fsp3) is 0.690. The number of nitrogens with one attached hydrogen (secondary N) is 3. The Balaban J connectivity index is 0. The maximum Gasteiger partial charge on any atom is 0.234 e. The molecule has 0 radical (unpaired) electrons. The molecule has 0 saturated heterocycles. The number of nitroso groups, excluding NO2 is 2. The predicted molar refractivity (Wildman–Crippen MR) is 175 cm³/mol. The van der Waals surface area contributed by atoms with E-state index in [-0.39, 0.29) is 11.0 Å². The van der Waals surface area contributed by atoms with Crippen LogP contribution in [0.2, 0.25) is 0 Å². The number of anilines is 1. The van der Waals surface area contributed by atoms with Gasteiger partial charge >= 0.3 is 0 Å². The number of hydrogen-bond acceptors (Lipinski definition) is 14. The average molecular weight is 690 g/mol. The van der Waals surface area contributed by atoms with Crippen molar-refractivity contribution < 1.29 is 49.2 Å². The summed E-state index contributed by atoms with van der Waals surface area (Å²) in [5, 5.41) is 18.8. The molecule has 0 aliphatic rings. The van der Waals surface area contributed by atoms with E-state index >= 15 is 0 Å². The molecule has 19 nitrogen and oxygen atoms in total. The molecule has 19 heteroatoms. The number of nitrogens with zero attached hydrogens (tertiary/aromatic N) is 5. The van der Waals surface area contributed by atoms with Crippen LogP contribution in [0.3, 0.4) is 0 Å². The van der Waals surface area contributed by atoms with Gasteiger partial charge in [0.15, 0.2) is 6.54 Å². The van der Waals surface area contributed by atoms with E-state index in [1.165, 1.54) is 0 Å². The summed E-state index contributed by atoms with van der Waals surface area (Å²) in [7, 11) is 3.29. The number of aromatic nitrogens is 6. The van der Waals surface area contributed by atoms with Gasteiger partial charge in [-0.25, -0.2) is 0 Å². The molecule has 0 unspecified atom stereocenters. The highest BCUT2D eigenvalue weighted by Gasteiger charge is 2.19. The number of rotatable bonds is 20. The monoisotopic (exact) mass is 689 g/mol. The number of ether oxygens (including phenoxy) is 6. The molecule has 3 aromatic heterocycles. The van der Waals surface area contributed by atoms with Crippen molar-refractivity contribution in [2.75, 3.05) is 86.0 Å². The highest BCUT2D eigenvalue weighted by atomic mass is 16.5.